The van der Waals surface area contributed by atoms with Crippen molar-refractivity contribution in [1.82, 2.24) is 15.5 Å². The number of aromatic nitrogens is 2. The van der Waals surface area contributed by atoms with Crippen molar-refractivity contribution >= 4 is 17.4 Å². The Morgan fingerprint density at radius 2 is 2.00 bits per heavy atom. The summed E-state index contributed by atoms with van der Waals surface area (Å²) in [5, 5.41) is 11.6. The summed E-state index contributed by atoms with van der Waals surface area (Å²) in [6.07, 6.45) is 1.09. The molecular formula is C15H21N5O. The van der Waals surface area contributed by atoms with Gasteiger partial charge in [0, 0.05) is 20.1 Å². The number of hydrogen-bond acceptors (Lipinski definition) is 6. The molecule has 1 N–H and O–H groups in total. The maximum atomic E-state index is 5.78. The lowest BCUT2D eigenvalue weighted by atomic mass is 10.2. The van der Waals surface area contributed by atoms with Gasteiger partial charge in [0.15, 0.2) is 0 Å². The van der Waals surface area contributed by atoms with Crippen molar-refractivity contribution in [1.29, 1.82) is 0 Å². The van der Waals surface area contributed by atoms with E-state index in [9.17, 15) is 0 Å². The Kier molecular flexibility index (Phi) is 4.06. The molecule has 21 heavy (non-hydrogen) atoms. The van der Waals surface area contributed by atoms with Crippen LogP contribution in [0.4, 0.5) is 17.4 Å². The van der Waals surface area contributed by atoms with E-state index < -0.39 is 0 Å². The van der Waals surface area contributed by atoms with Crippen LogP contribution in [-0.4, -0.2) is 36.9 Å². The molecule has 0 unspecified atom stereocenters. The van der Waals surface area contributed by atoms with Crippen molar-refractivity contribution in [3.63, 3.8) is 0 Å². The largest absolute Gasteiger partial charge is 0.406 e. The number of fused-ring (bicyclic) bond motifs is 1. The monoisotopic (exact) mass is 287 g/mol. The Bertz CT molecular complexity index is 597. The van der Waals surface area contributed by atoms with Crippen molar-refractivity contribution < 1.29 is 4.42 Å². The van der Waals surface area contributed by atoms with Crippen molar-refractivity contribution in [3.05, 3.63) is 30.2 Å². The van der Waals surface area contributed by atoms with Crippen LogP contribution < -0.4 is 15.1 Å². The Hall–Kier alpha value is -2.08. The molecule has 0 amide bonds. The summed E-state index contributed by atoms with van der Waals surface area (Å²) in [7, 11) is 2.10. The summed E-state index contributed by atoms with van der Waals surface area (Å²) in [5.41, 5.74) is 2.30. The van der Waals surface area contributed by atoms with Gasteiger partial charge in [-0.3, -0.25) is 4.90 Å². The van der Waals surface area contributed by atoms with Crippen LogP contribution in [0.25, 0.3) is 0 Å². The van der Waals surface area contributed by atoms with Gasteiger partial charge in [0.2, 0.25) is 5.89 Å². The predicted octanol–water partition coefficient (Wildman–Crippen LogP) is 2.16. The van der Waals surface area contributed by atoms with E-state index in [0.29, 0.717) is 18.5 Å². The first-order chi connectivity index (χ1) is 10.3. The molecule has 0 bridgehead atoms. The molecule has 1 aromatic heterocycles. The van der Waals surface area contributed by atoms with Crippen LogP contribution >= 0.6 is 0 Å². The molecule has 6 nitrogen and oxygen atoms in total. The quantitative estimate of drug-likeness (QED) is 0.850. The van der Waals surface area contributed by atoms with E-state index in [4.69, 9.17) is 4.42 Å². The highest BCUT2D eigenvalue weighted by molar-refractivity contribution is 5.76. The number of benzene rings is 1. The number of anilines is 3. The Morgan fingerprint density at radius 3 is 2.81 bits per heavy atom. The molecule has 1 aliphatic rings. The van der Waals surface area contributed by atoms with Crippen LogP contribution in [0.1, 0.15) is 19.2 Å². The average molecular weight is 287 g/mol. The number of nitrogens with one attached hydrogen (secondary N) is 1. The molecule has 6 heteroatoms. The molecule has 0 fully saturated rings. The van der Waals surface area contributed by atoms with E-state index in [2.05, 4.69) is 51.4 Å². The number of likely N-dealkylation sites (N-methyl/N-ethyl adjacent to an activating group) is 1. The van der Waals surface area contributed by atoms with Crippen LogP contribution in [0, 0.1) is 0 Å². The zero-order valence-corrected chi connectivity index (χ0v) is 12.5. The smallest absolute Gasteiger partial charge is 0.322 e. The first kappa shape index (κ1) is 13.9. The zero-order chi connectivity index (χ0) is 14.7. The van der Waals surface area contributed by atoms with Gasteiger partial charge in [-0.1, -0.05) is 24.2 Å². The van der Waals surface area contributed by atoms with Gasteiger partial charge in [-0.2, -0.15) is 0 Å². The molecule has 3 rings (SSSR count). The summed E-state index contributed by atoms with van der Waals surface area (Å²) in [6, 6.07) is 8.85. The van der Waals surface area contributed by atoms with E-state index >= 15 is 0 Å². The topological polar surface area (TPSA) is 57.4 Å². The Balaban J connectivity index is 1.80. The molecular weight excluding hydrogens is 266 g/mol. The number of para-hydroxylation sites is 2. The first-order valence-electron chi connectivity index (χ1n) is 7.40. The lowest BCUT2D eigenvalue weighted by Crippen LogP contribution is -2.36. The minimum absolute atomic E-state index is 0.573. The third kappa shape index (κ3) is 2.85. The molecule has 0 spiro atoms. The molecule has 2 aromatic rings. The number of hydrogen-bond donors (Lipinski definition) is 1. The van der Waals surface area contributed by atoms with E-state index in [-0.39, 0.29) is 0 Å². The summed E-state index contributed by atoms with van der Waals surface area (Å²) >= 11 is 0. The fourth-order valence-electron chi connectivity index (χ4n) is 2.50. The highest BCUT2D eigenvalue weighted by Crippen LogP contribution is 2.35. The molecule has 0 saturated carbocycles. The summed E-state index contributed by atoms with van der Waals surface area (Å²) in [4.78, 5) is 4.33. The normalized spacial score (nSPS) is 14.4. The van der Waals surface area contributed by atoms with Gasteiger partial charge in [0.1, 0.15) is 0 Å². The van der Waals surface area contributed by atoms with Crippen molar-refractivity contribution in [3.8, 4) is 0 Å². The van der Waals surface area contributed by atoms with Gasteiger partial charge in [-0.05, 0) is 25.1 Å². The van der Waals surface area contributed by atoms with Crippen LogP contribution in [0.15, 0.2) is 28.7 Å². The van der Waals surface area contributed by atoms with E-state index in [1.165, 1.54) is 5.69 Å². The van der Waals surface area contributed by atoms with Crippen molar-refractivity contribution in [2.75, 3.05) is 36.5 Å². The van der Waals surface area contributed by atoms with Gasteiger partial charge >= 0.3 is 6.01 Å². The third-order valence-electron chi connectivity index (χ3n) is 3.63. The maximum absolute atomic E-state index is 5.78. The highest BCUT2D eigenvalue weighted by Gasteiger charge is 2.24. The molecule has 0 aliphatic carbocycles. The van der Waals surface area contributed by atoms with Crippen LogP contribution in [0.2, 0.25) is 0 Å². The summed E-state index contributed by atoms with van der Waals surface area (Å²) < 4.78 is 5.78. The minimum atomic E-state index is 0.573. The second-order valence-electron chi connectivity index (χ2n) is 5.22. The van der Waals surface area contributed by atoms with E-state index in [1.54, 1.807) is 0 Å². The van der Waals surface area contributed by atoms with E-state index in [1.807, 2.05) is 12.1 Å². The molecule has 1 aromatic carbocycles. The average Bonchev–Trinajstić information content (AvgIpc) is 2.97. The third-order valence-corrected chi connectivity index (χ3v) is 3.63. The molecule has 0 saturated heterocycles. The number of nitrogens with zero attached hydrogens (tertiary/aromatic N) is 4. The van der Waals surface area contributed by atoms with Crippen molar-refractivity contribution in [2.24, 2.45) is 0 Å². The SMILES string of the molecule is CCCNCc1nnc(N2CCN(C)c3ccccc32)o1. The van der Waals surface area contributed by atoms with Gasteiger partial charge in [0.05, 0.1) is 17.9 Å². The standard InChI is InChI=1S/C15H21N5O/c1-3-8-16-11-14-17-18-15(21-14)20-10-9-19(2)12-6-4-5-7-13(12)20/h4-7,16H,3,8-11H2,1-2H3. The van der Waals surface area contributed by atoms with Gasteiger partial charge in [-0.25, -0.2) is 0 Å². The maximum Gasteiger partial charge on any atom is 0.322 e. The van der Waals surface area contributed by atoms with Gasteiger partial charge < -0.3 is 14.6 Å². The van der Waals surface area contributed by atoms with Crippen molar-refractivity contribution in [2.45, 2.75) is 19.9 Å². The van der Waals surface area contributed by atoms with E-state index in [0.717, 1.165) is 31.7 Å². The molecule has 112 valence electrons. The van der Waals surface area contributed by atoms with Gasteiger partial charge in [0.25, 0.3) is 0 Å². The summed E-state index contributed by atoms with van der Waals surface area (Å²) in [6.45, 7) is 5.49. The second kappa shape index (κ2) is 6.13. The predicted molar refractivity (Wildman–Crippen MR) is 83.0 cm³/mol. The van der Waals surface area contributed by atoms with Crippen LogP contribution in [0.3, 0.4) is 0 Å². The van der Waals surface area contributed by atoms with Gasteiger partial charge in [-0.15, -0.1) is 5.10 Å². The molecule has 0 radical (unpaired) electrons. The fraction of sp³-hybridized carbons (Fsp3) is 0.467. The zero-order valence-electron chi connectivity index (χ0n) is 12.5. The number of rotatable bonds is 5. The fourth-order valence-corrected chi connectivity index (χ4v) is 2.50. The lowest BCUT2D eigenvalue weighted by molar-refractivity contribution is 0.468. The molecule has 2 heterocycles. The highest BCUT2D eigenvalue weighted by atomic mass is 16.4. The molecule has 1 aliphatic heterocycles. The first-order valence-corrected chi connectivity index (χ1v) is 7.40. The Labute approximate surface area is 124 Å². The lowest BCUT2D eigenvalue weighted by Gasteiger charge is -2.34. The minimum Gasteiger partial charge on any atom is -0.406 e. The van der Waals surface area contributed by atoms with Crippen LogP contribution in [-0.2, 0) is 6.54 Å². The van der Waals surface area contributed by atoms with Crippen LogP contribution in [0.5, 0.6) is 0 Å². The second-order valence-corrected chi connectivity index (χ2v) is 5.22. The molecule has 0 atom stereocenters. The Morgan fingerprint density at radius 1 is 1.19 bits per heavy atom. The summed E-state index contributed by atoms with van der Waals surface area (Å²) in [5.74, 6) is 0.634.